The lowest BCUT2D eigenvalue weighted by molar-refractivity contribution is -0.134. The highest BCUT2D eigenvalue weighted by atomic mass is 35.5. The number of nitrogens with one attached hydrogen (secondary N) is 1. The highest BCUT2D eigenvalue weighted by Gasteiger charge is 2.34. The number of benzene rings is 1. The first kappa shape index (κ1) is 19.5. The molecule has 1 N–H and O–H groups in total. The van der Waals surface area contributed by atoms with E-state index >= 15 is 0 Å². The van der Waals surface area contributed by atoms with Gasteiger partial charge in [-0.15, -0.1) is 12.4 Å². The van der Waals surface area contributed by atoms with Gasteiger partial charge in [0.25, 0.3) is 0 Å². The number of rotatable bonds is 3. The molecule has 0 bridgehead atoms. The van der Waals surface area contributed by atoms with Crippen LogP contribution in [0.25, 0.3) is 0 Å². The Kier molecular flexibility index (Phi) is 6.50. The molecule has 134 valence electrons. The largest absolute Gasteiger partial charge is 0.332 e. The average molecular weight is 394 g/mol. The third kappa shape index (κ3) is 4.21. The summed E-state index contributed by atoms with van der Waals surface area (Å²) in [7, 11) is -3.26. The van der Waals surface area contributed by atoms with Gasteiger partial charge in [0.15, 0.2) is 0 Å². The van der Waals surface area contributed by atoms with Crippen LogP contribution in [0.4, 0.5) is 0 Å². The predicted molar refractivity (Wildman–Crippen MR) is 96.0 cm³/mol. The molecule has 2 aliphatic rings. The number of hydrogen-bond donors (Lipinski definition) is 1. The summed E-state index contributed by atoms with van der Waals surface area (Å²) in [4.78, 5) is 14.4. The summed E-state index contributed by atoms with van der Waals surface area (Å²) in [5.74, 6) is -0.0125. The predicted octanol–water partition coefficient (Wildman–Crippen LogP) is 1.27. The normalized spacial score (nSPS) is 23.7. The van der Waals surface area contributed by atoms with Gasteiger partial charge in [0.2, 0.25) is 15.9 Å². The van der Waals surface area contributed by atoms with Crippen LogP contribution in [0.5, 0.6) is 0 Å². The molecule has 0 radical (unpaired) electrons. The Morgan fingerprint density at radius 2 is 2.12 bits per heavy atom. The van der Waals surface area contributed by atoms with Crippen LogP contribution < -0.4 is 5.32 Å². The molecule has 2 fully saturated rings. The monoisotopic (exact) mass is 393 g/mol. The van der Waals surface area contributed by atoms with E-state index in [-0.39, 0.29) is 36.7 Å². The van der Waals surface area contributed by atoms with Gasteiger partial charge >= 0.3 is 0 Å². The van der Waals surface area contributed by atoms with Gasteiger partial charge in [0.1, 0.15) is 0 Å². The summed E-state index contributed by atoms with van der Waals surface area (Å²) in [6.45, 7) is 2.26. The van der Waals surface area contributed by atoms with E-state index < -0.39 is 10.0 Å². The van der Waals surface area contributed by atoms with Crippen LogP contribution in [-0.4, -0.2) is 62.0 Å². The summed E-state index contributed by atoms with van der Waals surface area (Å²) < 4.78 is 25.1. The Hall–Kier alpha value is -0.860. The third-order valence-corrected chi connectivity index (χ3v) is 6.45. The number of carbonyl (C=O) groups is 1. The minimum Gasteiger partial charge on any atom is -0.332 e. The van der Waals surface area contributed by atoms with Crippen LogP contribution in [0.1, 0.15) is 18.0 Å². The topological polar surface area (TPSA) is 69.7 Å². The number of hydrogen-bond acceptors (Lipinski definition) is 4. The first-order chi connectivity index (χ1) is 11.0. The Morgan fingerprint density at radius 1 is 1.33 bits per heavy atom. The number of nitrogens with zero attached hydrogens (tertiary/aromatic N) is 2. The van der Waals surface area contributed by atoms with Gasteiger partial charge < -0.3 is 10.2 Å². The fourth-order valence-electron chi connectivity index (χ4n) is 3.13. The number of halogens is 2. The highest BCUT2D eigenvalue weighted by molar-refractivity contribution is 7.89. The summed E-state index contributed by atoms with van der Waals surface area (Å²) in [6, 6.07) is 7.33. The Balaban J connectivity index is 0.00000208. The molecule has 1 atom stereocenters. The van der Waals surface area contributed by atoms with E-state index in [2.05, 4.69) is 5.32 Å². The van der Waals surface area contributed by atoms with Crippen molar-refractivity contribution in [3.05, 3.63) is 34.9 Å². The van der Waals surface area contributed by atoms with Crippen molar-refractivity contribution in [2.75, 3.05) is 38.5 Å². The van der Waals surface area contributed by atoms with Crippen molar-refractivity contribution in [1.29, 1.82) is 0 Å². The van der Waals surface area contributed by atoms with Gasteiger partial charge in [0, 0.05) is 31.2 Å². The molecule has 0 spiro atoms. The molecule has 0 aliphatic carbocycles. The minimum absolute atomic E-state index is 0. The molecule has 0 aromatic heterocycles. The maximum Gasteiger partial charge on any atom is 0.238 e. The summed E-state index contributed by atoms with van der Waals surface area (Å²) in [5.41, 5.74) is 0.960. The molecule has 2 aliphatic heterocycles. The van der Waals surface area contributed by atoms with E-state index in [1.807, 2.05) is 18.2 Å². The highest BCUT2D eigenvalue weighted by Crippen LogP contribution is 2.25. The van der Waals surface area contributed by atoms with Gasteiger partial charge in [-0.2, -0.15) is 4.31 Å². The third-order valence-electron chi connectivity index (χ3n) is 4.31. The molecule has 1 amide bonds. The van der Waals surface area contributed by atoms with Crippen LogP contribution in [0.15, 0.2) is 24.3 Å². The van der Waals surface area contributed by atoms with Crippen molar-refractivity contribution in [3.8, 4) is 0 Å². The average Bonchev–Trinajstić information content (AvgIpc) is 2.86. The number of sulfonamides is 1. The van der Waals surface area contributed by atoms with Crippen LogP contribution in [0.2, 0.25) is 5.02 Å². The molecule has 9 heteroatoms. The molecule has 1 unspecified atom stereocenters. The van der Waals surface area contributed by atoms with Gasteiger partial charge in [-0.1, -0.05) is 23.7 Å². The molecular weight excluding hydrogens is 373 g/mol. The van der Waals surface area contributed by atoms with Crippen molar-refractivity contribution in [1.82, 2.24) is 14.5 Å². The van der Waals surface area contributed by atoms with Gasteiger partial charge in [-0.05, 0) is 24.1 Å². The molecule has 1 aromatic rings. The number of piperazine rings is 1. The zero-order chi connectivity index (χ0) is 16.4. The second-order valence-corrected chi connectivity index (χ2v) is 8.39. The summed E-state index contributed by atoms with van der Waals surface area (Å²) in [6.07, 6.45) is 0.592. The van der Waals surface area contributed by atoms with Crippen LogP contribution in [0.3, 0.4) is 0 Å². The quantitative estimate of drug-likeness (QED) is 0.839. The zero-order valence-electron chi connectivity index (χ0n) is 13.2. The SMILES string of the molecule is Cl.O=C(CN1CCCS1(=O)=O)N1CCNCC1c1cccc(Cl)c1. The van der Waals surface area contributed by atoms with Crippen molar-refractivity contribution in [3.63, 3.8) is 0 Å². The lowest BCUT2D eigenvalue weighted by Gasteiger charge is -2.37. The van der Waals surface area contributed by atoms with E-state index in [4.69, 9.17) is 11.6 Å². The van der Waals surface area contributed by atoms with Crippen molar-refractivity contribution < 1.29 is 13.2 Å². The first-order valence-electron chi connectivity index (χ1n) is 7.71. The minimum atomic E-state index is -3.26. The fourth-order valence-corrected chi connectivity index (χ4v) is 4.79. The maximum absolute atomic E-state index is 12.7. The standard InChI is InChI=1S/C15H20ClN3O3S.ClH/c16-13-4-1-3-12(9-13)14-10-17-5-7-19(14)15(20)11-18-6-2-8-23(18,21)22;/h1,3-4,9,14,17H,2,5-8,10-11H2;1H. The number of amides is 1. The Morgan fingerprint density at radius 3 is 2.79 bits per heavy atom. The smallest absolute Gasteiger partial charge is 0.238 e. The summed E-state index contributed by atoms with van der Waals surface area (Å²) >= 11 is 6.05. The second-order valence-electron chi connectivity index (χ2n) is 5.87. The lowest BCUT2D eigenvalue weighted by Crippen LogP contribution is -2.51. The molecule has 2 saturated heterocycles. The fraction of sp³-hybridized carbons (Fsp3) is 0.533. The molecule has 1 aromatic carbocycles. The lowest BCUT2D eigenvalue weighted by atomic mass is 10.0. The van der Waals surface area contributed by atoms with Crippen LogP contribution >= 0.6 is 24.0 Å². The van der Waals surface area contributed by atoms with Crippen molar-refractivity contribution in [2.45, 2.75) is 12.5 Å². The van der Waals surface area contributed by atoms with Gasteiger partial charge in [-0.3, -0.25) is 4.79 Å². The summed E-state index contributed by atoms with van der Waals surface area (Å²) in [5, 5.41) is 3.91. The Labute approximate surface area is 153 Å². The van der Waals surface area contributed by atoms with E-state index in [1.54, 1.807) is 11.0 Å². The molecular formula is C15H21Cl2N3O3S. The van der Waals surface area contributed by atoms with Gasteiger partial charge in [0.05, 0.1) is 18.3 Å². The zero-order valence-corrected chi connectivity index (χ0v) is 15.5. The van der Waals surface area contributed by atoms with E-state index in [0.717, 1.165) is 5.56 Å². The van der Waals surface area contributed by atoms with Gasteiger partial charge in [-0.25, -0.2) is 8.42 Å². The maximum atomic E-state index is 12.7. The first-order valence-corrected chi connectivity index (χ1v) is 9.69. The molecule has 3 rings (SSSR count). The van der Waals surface area contributed by atoms with E-state index in [1.165, 1.54) is 4.31 Å². The molecule has 6 nitrogen and oxygen atoms in total. The van der Waals surface area contributed by atoms with Crippen molar-refractivity contribution >= 4 is 39.9 Å². The molecule has 2 heterocycles. The Bertz CT molecular complexity index is 699. The van der Waals surface area contributed by atoms with Crippen LogP contribution in [-0.2, 0) is 14.8 Å². The number of carbonyl (C=O) groups excluding carboxylic acids is 1. The second kappa shape index (κ2) is 8.01. The van der Waals surface area contributed by atoms with E-state index in [0.29, 0.717) is 37.6 Å². The van der Waals surface area contributed by atoms with Crippen molar-refractivity contribution in [2.24, 2.45) is 0 Å². The molecule has 24 heavy (non-hydrogen) atoms. The van der Waals surface area contributed by atoms with E-state index in [9.17, 15) is 13.2 Å². The van der Waals surface area contributed by atoms with Crippen LogP contribution in [0, 0.1) is 0 Å². The molecule has 0 saturated carbocycles.